The molecule has 2 aliphatic heterocycles. The van der Waals surface area contributed by atoms with Crippen LogP contribution in [0.5, 0.6) is 5.75 Å². The number of nitrogens with zero attached hydrogens (tertiary/aromatic N) is 1. The van der Waals surface area contributed by atoms with Crippen LogP contribution in [0.1, 0.15) is 16.9 Å². The van der Waals surface area contributed by atoms with Crippen LogP contribution in [0.3, 0.4) is 0 Å². The van der Waals surface area contributed by atoms with Crippen molar-refractivity contribution in [3.05, 3.63) is 52.2 Å². The van der Waals surface area contributed by atoms with Gasteiger partial charge in [-0.3, -0.25) is 14.5 Å². The number of para-hydroxylation sites is 1. The van der Waals surface area contributed by atoms with E-state index in [0.29, 0.717) is 30.9 Å². The standard InChI is InChI=1S/C19H19N3O4S/c23-16(20-9-7-13-4-3-11-27-13)12-22-17(24)19(21-18(22)25)8-10-26-15-6-2-1-5-14(15)19/h1-6,11H,7-10,12H2,(H,20,23)(H,21,25)/t19-/m1/s1. The molecule has 140 valence electrons. The van der Waals surface area contributed by atoms with E-state index in [2.05, 4.69) is 10.6 Å². The van der Waals surface area contributed by atoms with Crippen LogP contribution in [0.4, 0.5) is 4.79 Å². The molecule has 4 rings (SSSR count). The summed E-state index contributed by atoms with van der Waals surface area (Å²) in [5.74, 6) is -0.177. The zero-order chi connectivity index (χ0) is 18.9. The molecule has 27 heavy (non-hydrogen) atoms. The molecule has 0 aliphatic carbocycles. The van der Waals surface area contributed by atoms with Crippen molar-refractivity contribution in [2.45, 2.75) is 18.4 Å². The largest absolute Gasteiger partial charge is 0.493 e. The highest BCUT2D eigenvalue weighted by atomic mass is 32.1. The van der Waals surface area contributed by atoms with Crippen molar-refractivity contribution < 1.29 is 19.1 Å². The van der Waals surface area contributed by atoms with Crippen LogP contribution in [-0.2, 0) is 21.5 Å². The van der Waals surface area contributed by atoms with Crippen molar-refractivity contribution in [3.8, 4) is 5.75 Å². The van der Waals surface area contributed by atoms with Crippen molar-refractivity contribution >= 4 is 29.2 Å². The summed E-state index contributed by atoms with van der Waals surface area (Å²) in [7, 11) is 0. The van der Waals surface area contributed by atoms with Crippen LogP contribution in [0.25, 0.3) is 0 Å². The van der Waals surface area contributed by atoms with E-state index in [1.165, 1.54) is 4.88 Å². The van der Waals surface area contributed by atoms with Gasteiger partial charge in [-0.25, -0.2) is 4.79 Å². The van der Waals surface area contributed by atoms with E-state index in [0.717, 1.165) is 11.3 Å². The normalized spacial score (nSPS) is 21.0. The average Bonchev–Trinajstić information content (AvgIpc) is 3.26. The predicted octanol–water partition coefficient (Wildman–Crippen LogP) is 1.64. The molecule has 7 nitrogen and oxygen atoms in total. The Morgan fingerprint density at radius 2 is 2.11 bits per heavy atom. The first-order chi connectivity index (χ1) is 13.1. The molecule has 2 aromatic rings. The van der Waals surface area contributed by atoms with Crippen LogP contribution in [0.2, 0.25) is 0 Å². The fraction of sp³-hybridized carbons (Fsp3) is 0.316. The molecule has 1 aromatic heterocycles. The van der Waals surface area contributed by atoms with Crippen molar-refractivity contribution in [3.63, 3.8) is 0 Å². The van der Waals surface area contributed by atoms with Crippen LogP contribution in [0, 0.1) is 0 Å². The number of carbonyl (C=O) groups excluding carboxylic acids is 3. The first-order valence-corrected chi connectivity index (χ1v) is 9.63. The smallest absolute Gasteiger partial charge is 0.325 e. The number of rotatable bonds is 5. The number of benzene rings is 1. The lowest BCUT2D eigenvalue weighted by Crippen LogP contribution is -2.48. The maximum Gasteiger partial charge on any atom is 0.325 e. The Kier molecular flexibility index (Phi) is 4.57. The van der Waals surface area contributed by atoms with Crippen LogP contribution in [0.15, 0.2) is 41.8 Å². The van der Waals surface area contributed by atoms with Gasteiger partial charge in [0.2, 0.25) is 5.91 Å². The molecule has 1 spiro atoms. The lowest BCUT2D eigenvalue weighted by atomic mass is 9.84. The highest BCUT2D eigenvalue weighted by molar-refractivity contribution is 7.09. The topological polar surface area (TPSA) is 87.7 Å². The molecule has 8 heteroatoms. The molecule has 1 saturated heterocycles. The van der Waals surface area contributed by atoms with Crippen molar-refractivity contribution in [1.29, 1.82) is 0 Å². The molecule has 0 bridgehead atoms. The molecule has 1 aromatic carbocycles. The third-order valence-corrected chi connectivity index (χ3v) is 5.77. The second-order valence-electron chi connectivity index (χ2n) is 6.50. The van der Waals surface area contributed by atoms with E-state index in [9.17, 15) is 14.4 Å². The van der Waals surface area contributed by atoms with Gasteiger partial charge >= 0.3 is 6.03 Å². The lowest BCUT2D eigenvalue weighted by molar-refractivity contribution is -0.136. The number of imide groups is 1. The predicted molar refractivity (Wildman–Crippen MR) is 99.5 cm³/mol. The van der Waals surface area contributed by atoms with Crippen molar-refractivity contribution in [2.75, 3.05) is 19.7 Å². The number of amides is 4. The van der Waals surface area contributed by atoms with E-state index in [1.807, 2.05) is 23.6 Å². The zero-order valence-electron chi connectivity index (χ0n) is 14.6. The molecule has 0 saturated carbocycles. The van der Waals surface area contributed by atoms with Gasteiger partial charge in [-0.05, 0) is 23.9 Å². The number of hydrogen-bond donors (Lipinski definition) is 2. The number of ether oxygens (including phenoxy) is 1. The van der Waals surface area contributed by atoms with Crippen LogP contribution in [-0.4, -0.2) is 42.4 Å². The molecule has 0 radical (unpaired) electrons. The molecule has 2 aliphatic rings. The lowest BCUT2D eigenvalue weighted by Gasteiger charge is -2.33. The fourth-order valence-corrected chi connectivity index (χ4v) is 4.20. The van der Waals surface area contributed by atoms with Gasteiger partial charge < -0.3 is 15.4 Å². The fourth-order valence-electron chi connectivity index (χ4n) is 3.49. The number of carbonyl (C=O) groups is 3. The minimum atomic E-state index is -1.15. The third-order valence-electron chi connectivity index (χ3n) is 4.83. The van der Waals surface area contributed by atoms with Gasteiger partial charge in [0.15, 0.2) is 5.54 Å². The number of hydrogen-bond acceptors (Lipinski definition) is 5. The van der Waals surface area contributed by atoms with Gasteiger partial charge in [-0.2, -0.15) is 0 Å². The summed E-state index contributed by atoms with van der Waals surface area (Å²) in [6, 6.07) is 10.6. The summed E-state index contributed by atoms with van der Waals surface area (Å²) in [4.78, 5) is 39.9. The van der Waals surface area contributed by atoms with E-state index in [1.54, 1.807) is 29.5 Å². The average molecular weight is 385 g/mol. The van der Waals surface area contributed by atoms with E-state index in [-0.39, 0.29) is 12.5 Å². The Morgan fingerprint density at radius 3 is 2.93 bits per heavy atom. The van der Waals surface area contributed by atoms with Crippen LogP contribution >= 0.6 is 11.3 Å². The number of fused-ring (bicyclic) bond motifs is 2. The van der Waals surface area contributed by atoms with Gasteiger partial charge in [0.1, 0.15) is 12.3 Å². The second kappa shape index (κ2) is 7.03. The summed E-state index contributed by atoms with van der Waals surface area (Å²) < 4.78 is 5.60. The molecule has 3 heterocycles. The molecular weight excluding hydrogens is 366 g/mol. The first-order valence-electron chi connectivity index (χ1n) is 8.76. The highest BCUT2D eigenvalue weighted by Crippen LogP contribution is 2.40. The van der Waals surface area contributed by atoms with Gasteiger partial charge in [-0.15, -0.1) is 11.3 Å². The van der Waals surface area contributed by atoms with E-state index in [4.69, 9.17) is 4.74 Å². The SMILES string of the molecule is O=C(CN1C(=O)N[C@@]2(CCOc3ccccc32)C1=O)NCCc1cccs1. The Hall–Kier alpha value is -2.87. The van der Waals surface area contributed by atoms with Crippen LogP contribution < -0.4 is 15.4 Å². The molecule has 1 atom stereocenters. The molecule has 2 N–H and O–H groups in total. The number of urea groups is 1. The monoisotopic (exact) mass is 385 g/mol. The summed E-state index contributed by atoms with van der Waals surface area (Å²) in [6.07, 6.45) is 1.06. The van der Waals surface area contributed by atoms with Gasteiger partial charge in [-0.1, -0.05) is 24.3 Å². The molecular formula is C19H19N3O4S. The van der Waals surface area contributed by atoms with Gasteiger partial charge in [0.25, 0.3) is 5.91 Å². The zero-order valence-corrected chi connectivity index (χ0v) is 15.4. The Morgan fingerprint density at radius 1 is 1.26 bits per heavy atom. The highest BCUT2D eigenvalue weighted by Gasteiger charge is 2.55. The Bertz CT molecular complexity index is 883. The third kappa shape index (κ3) is 3.16. The van der Waals surface area contributed by atoms with Gasteiger partial charge in [0.05, 0.1) is 6.61 Å². The number of nitrogens with one attached hydrogen (secondary N) is 2. The Balaban J connectivity index is 1.44. The first kappa shape index (κ1) is 17.5. The second-order valence-corrected chi connectivity index (χ2v) is 7.53. The number of thiophene rings is 1. The van der Waals surface area contributed by atoms with E-state index >= 15 is 0 Å². The summed E-state index contributed by atoms with van der Waals surface area (Å²) in [5, 5.41) is 7.54. The van der Waals surface area contributed by atoms with E-state index < -0.39 is 17.5 Å². The summed E-state index contributed by atoms with van der Waals surface area (Å²) in [6.45, 7) is 0.495. The van der Waals surface area contributed by atoms with Gasteiger partial charge in [0, 0.05) is 23.4 Å². The quantitative estimate of drug-likeness (QED) is 0.766. The van der Waals surface area contributed by atoms with Crippen molar-refractivity contribution in [2.24, 2.45) is 0 Å². The maximum absolute atomic E-state index is 13.1. The summed E-state index contributed by atoms with van der Waals surface area (Å²) in [5.41, 5.74) is -0.515. The molecule has 1 fully saturated rings. The maximum atomic E-state index is 13.1. The summed E-state index contributed by atoms with van der Waals surface area (Å²) >= 11 is 1.62. The molecule has 0 unspecified atom stereocenters. The Labute approximate surface area is 160 Å². The minimum absolute atomic E-state index is 0.292. The minimum Gasteiger partial charge on any atom is -0.493 e. The molecule has 4 amide bonds. The van der Waals surface area contributed by atoms with Crippen molar-refractivity contribution in [1.82, 2.24) is 15.5 Å².